The number of ether oxygens (including phenoxy) is 1. The summed E-state index contributed by atoms with van der Waals surface area (Å²) in [6, 6.07) is 5.52. The summed E-state index contributed by atoms with van der Waals surface area (Å²) in [7, 11) is 0. The van der Waals surface area contributed by atoms with E-state index in [-0.39, 0.29) is 30.3 Å². The first-order chi connectivity index (χ1) is 19.5. The predicted octanol–water partition coefficient (Wildman–Crippen LogP) is 4.99. The molecule has 1 aliphatic heterocycles. The molecule has 4 N–H and O–H groups in total. The van der Waals surface area contributed by atoms with Crippen molar-refractivity contribution >= 4 is 35.5 Å². The number of benzene rings is 1. The van der Waals surface area contributed by atoms with E-state index in [0.717, 1.165) is 63.4 Å². The maximum atomic E-state index is 13.5. The monoisotopic (exact) mass is 589 g/mol. The summed E-state index contributed by atoms with van der Waals surface area (Å²) in [6.07, 6.45) is 8.55. The molecule has 1 heterocycles. The minimum absolute atomic E-state index is 0.00973. The fourth-order valence-electron chi connectivity index (χ4n) is 6.82. The van der Waals surface area contributed by atoms with Crippen molar-refractivity contribution in [3.8, 4) is 0 Å². The van der Waals surface area contributed by atoms with Gasteiger partial charge in [0, 0.05) is 22.4 Å². The molecule has 3 aliphatic rings. The van der Waals surface area contributed by atoms with Gasteiger partial charge >= 0.3 is 12.1 Å². The van der Waals surface area contributed by atoms with Crippen LogP contribution in [0.2, 0.25) is 5.02 Å². The molecule has 3 fully saturated rings. The molecule has 226 valence electrons. The van der Waals surface area contributed by atoms with Crippen molar-refractivity contribution in [2.45, 2.75) is 115 Å². The van der Waals surface area contributed by atoms with Gasteiger partial charge in [0.05, 0.1) is 0 Å². The van der Waals surface area contributed by atoms with E-state index < -0.39 is 41.5 Å². The zero-order chi connectivity index (χ0) is 29.6. The summed E-state index contributed by atoms with van der Waals surface area (Å²) in [5.41, 5.74) is 0.668. The van der Waals surface area contributed by atoms with Gasteiger partial charge in [-0.3, -0.25) is 9.59 Å². The Morgan fingerprint density at radius 3 is 2.46 bits per heavy atom. The van der Waals surface area contributed by atoms with E-state index in [4.69, 9.17) is 16.3 Å². The number of carboxylic acids is 1. The molecule has 0 radical (unpaired) electrons. The second-order valence-corrected chi connectivity index (χ2v) is 13.3. The highest BCUT2D eigenvalue weighted by Crippen LogP contribution is 2.33. The van der Waals surface area contributed by atoms with E-state index in [9.17, 15) is 24.3 Å². The molecule has 3 amide bonds. The molecule has 1 aromatic carbocycles. The number of halogens is 1. The minimum atomic E-state index is -1.24. The maximum Gasteiger partial charge on any atom is 0.408 e. The van der Waals surface area contributed by atoms with Crippen LogP contribution in [0.3, 0.4) is 0 Å². The average Bonchev–Trinajstić information content (AvgIpc) is 3.44. The quantitative estimate of drug-likeness (QED) is 0.287. The number of carboxylic acid groups (broad SMARTS) is 1. The van der Waals surface area contributed by atoms with Gasteiger partial charge < -0.3 is 25.8 Å². The van der Waals surface area contributed by atoms with Gasteiger partial charge in [-0.1, -0.05) is 55.8 Å². The van der Waals surface area contributed by atoms with Crippen LogP contribution in [0.5, 0.6) is 0 Å². The first kappa shape index (κ1) is 31.1. The Morgan fingerprint density at radius 1 is 1.05 bits per heavy atom. The van der Waals surface area contributed by atoms with Crippen molar-refractivity contribution in [3.05, 3.63) is 34.9 Å². The molecular formula is C31H44ClN3O6. The molecule has 0 aromatic heterocycles. The van der Waals surface area contributed by atoms with Crippen LogP contribution in [-0.4, -0.2) is 52.7 Å². The molecule has 2 aliphatic carbocycles. The molecule has 2 saturated carbocycles. The maximum absolute atomic E-state index is 13.5. The van der Waals surface area contributed by atoms with Crippen LogP contribution in [0.25, 0.3) is 0 Å². The second-order valence-electron chi connectivity index (χ2n) is 12.8. The van der Waals surface area contributed by atoms with E-state index in [1.54, 1.807) is 0 Å². The van der Waals surface area contributed by atoms with Crippen LogP contribution in [0.4, 0.5) is 4.79 Å². The SMILES string of the molecule is CC1(C)CC(CC(NC(=O)[C@H](CC2CCCCC2)NC(=O)OC2CCCC2Cc2cccc(Cl)c2)C(=O)O)C(=O)N1. The number of nitrogens with one attached hydrogen (secondary N) is 3. The van der Waals surface area contributed by atoms with Crippen molar-refractivity contribution in [2.75, 3.05) is 0 Å². The fraction of sp³-hybridized carbons (Fsp3) is 0.677. The summed E-state index contributed by atoms with van der Waals surface area (Å²) >= 11 is 6.15. The predicted molar refractivity (Wildman–Crippen MR) is 155 cm³/mol. The second kappa shape index (κ2) is 13.9. The Bertz CT molecular complexity index is 1110. The van der Waals surface area contributed by atoms with Crippen molar-refractivity contribution in [2.24, 2.45) is 17.8 Å². The molecule has 10 heteroatoms. The van der Waals surface area contributed by atoms with Crippen LogP contribution < -0.4 is 16.0 Å². The molecule has 1 aromatic rings. The Morgan fingerprint density at radius 2 is 1.80 bits per heavy atom. The number of carbonyl (C=O) groups excluding carboxylic acids is 3. The Hall–Kier alpha value is -2.81. The third kappa shape index (κ3) is 9.09. The summed E-state index contributed by atoms with van der Waals surface area (Å²) in [6.45, 7) is 3.78. The lowest BCUT2D eigenvalue weighted by Gasteiger charge is -2.28. The molecule has 4 rings (SSSR count). The number of carbonyl (C=O) groups is 4. The Labute approximate surface area is 247 Å². The molecule has 0 spiro atoms. The van der Waals surface area contributed by atoms with E-state index in [1.807, 2.05) is 38.1 Å². The minimum Gasteiger partial charge on any atom is -0.480 e. The van der Waals surface area contributed by atoms with Crippen molar-refractivity contribution in [3.63, 3.8) is 0 Å². The number of hydrogen-bond acceptors (Lipinski definition) is 5. The lowest BCUT2D eigenvalue weighted by molar-refractivity contribution is -0.143. The summed E-state index contributed by atoms with van der Waals surface area (Å²) in [4.78, 5) is 51.1. The number of rotatable bonds is 11. The Balaban J connectivity index is 1.39. The zero-order valence-corrected chi connectivity index (χ0v) is 24.9. The van der Waals surface area contributed by atoms with Crippen LogP contribution >= 0.6 is 11.6 Å². The van der Waals surface area contributed by atoms with E-state index in [0.29, 0.717) is 17.9 Å². The normalized spacial score (nSPS) is 25.6. The number of amides is 3. The molecule has 4 unspecified atom stereocenters. The molecule has 0 bridgehead atoms. The first-order valence-corrected chi connectivity index (χ1v) is 15.4. The van der Waals surface area contributed by atoms with E-state index in [1.165, 1.54) is 0 Å². The molecule has 41 heavy (non-hydrogen) atoms. The lowest BCUT2D eigenvalue weighted by atomic mass is 9.84. The van der Waals surface area contributed by atoms with Crippen LogP contribution in [-0.2, 0) is 25.5 Å². The van der Waals surface area contributed by atoms with Gasteiger partial charge in [-0.15, -0.1) is 0 Å². The standard InChI is InChI=1S/C31H44ClN3O6/c1-31(2)18-22(27(36)35-31)17-25(29(38)39)33-28(37)24(16-19-8-4-3-5-9-19)34-30(40)41-26-13-7-11-21(26)14-20-10-6-12-23(32)15-20/h6,10,12,15,19,21-22,24-26H,3-5,7-9,11,13-14,16-18H2,1-2H3,(H,33,37)(H,34,40)(H,35,36)(H,38,39)/t21?,22?,24-,25?,26?/m0/s1. The molecule has 1 saturated heterocycles. The largest absolute Gasteiger partial charge is 0.480 e. The highest BCUT2D eigenvalue weighted by molar-refractivity contribution is 6.30. The van der Waals surface area contributed by atoms with E-state index in [2.05, 4.69) is 16.0 Å². The Kier molecular flexibility index (Phi) is 10.6. The summed E-state index contributed by atoms with van der Waals surface area (Å²) in [5.74, 6) is -2.07. The number of aliphatic carboxylic acids is 1. The van der Waals surface area contributed by atoms with Crippen molar-refractivity contribution < 1.29 is 29.0 Å². The average molecular weight is 590 g/mol. The smallest absolute Gasteiger partial charge is 0.408 e. The van der Waals surface area contributed by atoms with Gasteiger partial charge in [0.1, 0.15) is 18.2 Å². The fourth-order valence-corrected chi connectivity index (χ4v) is 7.04. The highest BCUT2D eigenvalue weighted by Gasteiger charge is 2.40. The number of alkyl carbamates (subject to hydrolysis) is 1. The van der Waals surface area contributed by atoms with Crippen molar-refractivity contribution in [1.29, 1.82) is 0 Å². The van der Waals surface area contributed by atoms with Gasteiger partial charge in [0.15, 0.2) is 0 Å². The first-order valence-electron chi connectivity index (χ1n) is 15.1. The van der Waals surface area contributed by atoms with Crippen LogP contribution in [0.1, 0.15) is 90.0 Å². The molecular weight excluding hydrogens is 546 g/mol. The van der Waals surface area contributed by atoms with Gasteiger partial charge in [0.25, 0.3) is 0 Å². The van der Waals surface area contributed by atoms with Crippen molar-refractivity contribution in [1.82, 2.24) is 16.0 Å². The highest BCUT2D eigenvalue weighted by atomic mass is 35.5. The molecule has 5 atom stereocenters. The number of hydrogen-bond donors (Lipinski definition) is 4. The third-order valence-corrected chi connectivity index (χ3v) is 9.10. The van der Waals surface area contributed by atoms with Crippen LogP contribution in [0.15, 0.2) is 24.3 Å². The third-order valence-electron chi connectivity index (χ3n) is 8.86. The van der Waals surface area contributed by atoms with Gasteiger partial charge in [-0.2, -0.15) is 0 Å². The zero-order valence-electron chi connectivity index (χ0n) is 24.1. The van der Waals surface area contributed by atoms with Crippen LogP contribution in [0, 0.1) is 17.8 Å². The lowest BCUT2D eigenvalue weighted by Crippen LogP contribution is -2.53. The topological polar surface area (TPSA) is 134 Å². The summed E-state index contributed by atoms with van der Waals surface area (Å²) < 4.78 is 5.86. The van der Waals surface area contributed by atoms with Gasteiger partial charge in [0.2, 0.25) is 11.8 Å². The van der Waals surface area contributed by atoms with E-state index >= 15 is 0 Å². The molecule has 9 nitrogen and oxygen atoms in total. The summed E-state index contributed by atoms with van der Waals surface area (Å²) in [5, 5.41) is 18.8. The van der Waals surface area contributed by atoms with Gasteiger partial charge in [-0.25, -0.2) is 9.59 Å². The van der Waals surface area contributed by atoms with Gasteiger partial charge in [-0.05, 0) is 82.4 Å².